The maximum atomic E-state index is 12.6. The van der Waals surface area contributed by atoms with Crippen LogP contribution in [0, 0.1) is 11.8 Å². The second-order valence-electron chi connectivity index (χ2n) is 9.02. The fraction of sp³-hybridized carbons (Fsp3) is 0.583. The van der Waals surface area contributed by atoms with Crippen LogP contribution in [0.5, 0.6) is 5.75 Å². The Morgan fingerprint density at radius 3 is 2.16 bits per heavy atom. The molecule has 4 rings (SSSR count). The van der Waals surface area contributed by atoms with Crippen molar-refractivity contribution in [1.29, 1.82) is 0 Å². The van der Waals surface area contributed by atoms with Crippen LogP contribution >= 0.6 is 12.4 Å². The van der Waals surface area contributed by atoms with Crippen molar-refractivity contribution in [3.8, 4) is 5.75 Å². The Kier molecular flexibility index (Phi) is 8.20. The van der Waals surface area contributed by atoms with E-state index < -0.39 is 6.10 Å². The number of anilines is 1. The molecule has 2 aliphatic heterocycles. The Bertz CT molecular complexity index is 812. The summed E-state index contributed by atoms with van der Waals surface area (Å²) in [6, 6.07) is 8.10. The summed E-state index contributed by atoms with van der Waals surface area (Å²) in [6.07, 6.45) is 4.61. The van der Waals surface area contributed by atoms with Crippen molar-refractivity contribution in [1.82, 2.24) is 9.80 Å². The molecule has 0 spiro atoms. The van der Waals surface area contributed by atoms with E-state index in [2.05, 4.69) is 15.9 Å². The number of halogens is 1. The number of para-hydroxylation sites is 2. The Morgan fingerprint density at radius 2 is 1.56 bits per heavy atom. The van der Waals surface area contributed by atoms with Gasteiger partial charge in [0.15, 0.2) is 0 Å². The highest BCUT2D eigenvalue weighted by Crippen LogP contribution is 2.35. The summed E-state index contributed by atoms with van der Waals surface area (Å²) >= 11 is 0. The van der Waals surface area contributed by atoms with E-state index in [0.29, 0.717) is 19.4 Å². The number of β-amino-alcohol motifs (C(OH)–C–C–N with tert-alkyl or cyclic N) is 1. The number of aliphatic hydroxyl groups excluding tert-OH is 1. The van der Waals surface area contributed by atoms with E-state index in [1.54, 1.807) is 0 Å². The molecule has 3 unspecified atom stereocenters. The van der Waals surface area contributed by atoms with Crippen LogP contribution in [-0.4, -0.2) is 78.2 Å². The first-order valence-electron chi connectivity index (χ1n) is 11.4. The number of amides is 2. The van der Waals surface area contributed by atoms with Gasteiger partial charge in [0.1, 0.15) is 5.75 Å². The third kappa shape index (κ3) is 5.27. The van der Waals surface area contributed by atoms with Crippen molar-refractivity contribution in [2.45, 2.75) is 38.9 Å². The summed E-state index contributed by atoms with van der Waals surface area (Å²) in [7, 11) is 0. The third-order valence-corrected chi connectivity index (χ3v) is 6.40. The first-order chi connectivity index (χ1) is 14.9. The molecule has 3 aliphatic rings. The Hall–Kier alpha value is -2.09. The van der Waals surface area contributed by atoms with Crippen molar-refractivity contribution in [2.75, 3.05) is 44.2 Å². The summed E-state index contributed by atoms with van der Waals surface area (Å²) in [6.45, 7) is 7.90. The summed E-state index contributed by atoms with van der Waals surface area (Å²) in [5.41, 5.74) is 1.10. The molecular weight excluding hydrogens is 430 g/mol. The van der Waals surface area contributed by atoms with Crippen LogP contribution in [0.4, 0.5) is 5.69 Å². The van der Waals surface area contributed by atoms with Crippen molar-refractivity contribution < 1.29 is 19.4 Å². The highest BCUT2D eigenvalue weighted by molar-refractivity contribution is 6.05. The number of aliphatic hydroxyl groups is 1. The molecule has 0 saturated carbocycles. The van der Waals surface area contributed by atoms with Crippen molar-refractivity contribution in [3.05, 3.63) is 36.4 Å². The van der Waals surface area contributed by atoms with E-state index in [1.807, 2.05) is 44.2 Å². The van der Waals surface area contributed by atoms with Crippen molar-refractivity contribution in [2.24, 2.45) is 11.8 Å². The van der Waals surface area contributed by atoms with E-state index in [0.717, 1.165) is 37.6 Å². The highest BCUT2D eigenvalue weighted by Gasteiger charge is 2.47. The number of piperazine rings is 1. The van der Waals surface area contributed by atoms with Crippen LogP contribution in [0.2, 0.25) is 0 Å². The zero-order valence-corrected chi connectivity index (χ0v) is 19.7. The molecule has 0 bridgehead atoms. The van der Waals surface area contributed by atoms with Gasteiger partial charge in [0.2, 0.25) is 11.8 Å². The predicted octanol–water partition coefficient (Wildman–Crippen LogP) is 2.33. The van der Waals surface area contributed by atoms with Gasteiger partial charge in [0, 0.05) is 32.7 Å². The fourth-order valence-corrected chi connectivity index (χ4v) is 4.86. The number of hydrogen-bond acceptors (Lipinski definition) is 6. The van der Waals surface area contributed by atoms with Gasteiger partial charge in [-0.3, -0.25) is 19.4 Å². The molecule has 2 saturated heterocycles. The maximum absolute atomic E-state index is 12.6. The number of likely N-dealkylation sites (tertiary alicyclic amines) is 1. The van der Waals surface area contributed by atoms with Gasteiger partial charge in [0.05, 0.1) is 36.3 Å². The third-order valence-electron chi connectivity index (χ3n) is 6.40. The molecule has 1 aliphatic carbocycles. The molecule has 0 aromatic heterocycles. The number of carbonyl (C=O) groups is 2. The van der Waals surface area contributed by atoms with E-state index in [1.165, 1.54) is 4.90 Å². The van der Waals surface area contributed by atoms with Gasteiger partial charge in [-0.05, 0) is 38.8 Å². The lowest BCUT2D eigenvalue weighted by Gasteiger charge is -2.37. The topological polar surface area (TPSA) is 73.3 Å². The fourth-order valence-electron chi connectivity index (χ4n) is 4.86. The molecular formula is C24H34ClN3O4. The standard InChI is InChI=1S/C24H33N3O4.ClH/c1-17(2)31-22-10-6-5-9-21(22)26-13-11-25(12-14-26)15-18(28)16-27-23(29)19-7-3-4-8-20(19)24(27)30;/h3-6,9-10,17-20,28H,7-8,11-16H2,1-2H3;1H. The number of benzene rings is 1. The molecule has 8 heteroatoms. The lowest BCUT2D eigenvalue weighted by Crippen LogP contribution is -2.50. The lowest BCUT2D eigenvalue weighted by atomic mass is 9.85. The highest BCUT2D eigenvalue weighted by atomic mass is 35.5. The Morgan fingerprint density at radius 1 is 0.969 bits per heavy atom. The molecule has 7 nitrogen and oxygen atoms in total. The Balaban J connectivity index is 0.00000289. The van der Waals surface area contributed by atoms with Crippen LogP contribution in [0.3, 0.4) is 0 Å². The summed E-state index contributed by atoms with van der Waals surface area (Å²) in [4.78, 5) is 31.0. The molecule has 1 aromatic carbocycles. The minimum atomic E-state index is -0.732. The van der Waals surface area contributed by atoms with E-state index >= 15 is 0 Å². The predicted molar refractivity (Wildman–Crippen MR) is 126 cm³/mol. The summed E-state index contributed by atoms with van der Waals surface area (Å²) in [5.74, 6) is 0.186. The van der Waals surface area contributed by atoms with Gasteiger partial charge in [-0.15, -0.1) is 12.4 Å². The summed E-state index contributed by atoms with van der Waals surface area (Å²) < 4.78 is 5.96. The smallest absolute Gasteiger partial charge is 0.233 e. The zero-order valence-electron chi connectivity index (χ0n) is 18.9. The number of ether oxygens (including phenoxy) is 1. The summed E-state index contributed by atoms with van der Waals surface area (Å²) in [5, 5.41) is 10.6. The van der Waals surface area contributed by atoms with Crippen LogP contribution in [0.15, 0.2) is 36.4 Å². The van der Waals surface area contributed by atoms with Crippen LogP contribution in [-0.2, 0) is 9.59 Å². The van der Waals surface area contributed by atoms with Gasteiger partial charge < -0.3 is 14.7 Å². The monoisotopic (exact) mass is 463 g/mol. The number of fused-ring (bicyclic) bond motifs is 1. The molecule has 1 N–H and O–H groups in total. The molecule has 0 radical (unpaired) electrons. The number of allylic oxidation sites excluding steroid dienone is 2. The van der Waals surface area contributed by atoms with Crippen molar-refractivity contribution >= 4 is 29.9 Å². The number of hydrogen-bond donors (Lipinski definition) is 1. The molecule has 2 heterocycles. The average molecular weight is 464 g/mol. The van der Waals surface area contributed by atoms with Gasteiger partial charge in [-0.2, -0.15) is 0 Å². The normalized spacial score (nSPS) is 24.5. The second-order valence-corrected chi connectivity index (χ2v) is 9.02. The molecule has 2 fully saturated rings. The van der Waals surface area contributed by atoms with Gasteiger partial charge in [0.25, 0.3) is 0 Å². The van der Waals surface area contributed by atoms with Crippen LogP contribution in [0.25, 0.3) is 0 Å². The maximum Gasteiger partial charge on any atom is 0.233 e. The van der Waals surface area contributed by atoms with Gasteiger partial charge in [-0.25, -0.2) is 0 Å². The van der Waals surface area contributed by atoms with E-state index in [-0.39, 0.29) is 48.7 Å². The van der Waals surface area contributed by atoms with E-state index in [4.69, 9.17) is 4.74 Å². The van der Waals surface area contributed by atoms with Gasteiger partial charge in [-0.1, -0.05) is 24.3 Å². The number of rotatable bonds is 7. The first-order valence-corrected chi connectivity index (χ1v) is 11.4. The molecule has 32 heavy (non-hydrogen) atoms. The Labute approximate surface area is 196 Å². The largest absolute Gasteiger partial charge is 0.489 e. The molecule has 1 aromatic rings. The quantitative estimate of drug-likeness (QED) is 0.494. The molecule has 3 atom stereocenters. The van der Waals surface area contributed by atoms with Gasteiger partial charge >= 0.3 is 0 Å². The second kappa shape index (κ2) is 10.7. The SMILES string of the molecule is CC(C)Oc1ccccc1N1CCN(CC(O)CN2C(=O)C3CC=CCC3C2=O)CC1.Cl. The van der Waals surface area contributed by atoms with E-state index in [9.17, 15) is 14.7 Å². The van der Waals surface area contributed by atoms with Crippen LogP contribution < -0.4 is 9.64 Å². The lowest BCUT2D eigenvalue weighted by molar-refractivity contribution is -0.141. The van der Waals surface area contributed by atoms with Crippen LogP contribution in [0.1, 0.15) is 26.7 Å². The number of carbonyl (C=O) groups excluding carboxylic acids is 2. The van der Waals surface area contributed by atoms with Crippen molar-refractivity contribution in [3.63, 3.8) is 0 Å². The molecule has 2 amide bonds. The molecule has 176 valence electrons. The number of nitrogens with zero attached hydrogens (tertiary/aromatic N) is 3. The minimum Gasteiger partial charge on any atom is -0.489 e. The first kappa shape index (κ1) is 24.6. The zero-order chi connectivity index (χ0) is 22.0. The average Bonchev–Trinajstić information content (AvgIpc) is 2.99. The minimum absolute atomic E-state index is 0. The number of imide groups is 1.